The van der Waals surface area contributed by atoms with E-state index in [-0.39, 0.29) is 31.8 Å². The number of urea groups is 1. The van der Waals surface area contributed by atoms with E-state index >= 15 is 0 Å². The van der Waals surface area contributed by atoms with Crippen molar-refractivity contribution in [2.75, 3.05) is 26.2 Å². The summed E-state index contributed by atoms with van der Waals surface area (Å²) in [6, 6.07) is -1.44. The van der Waals surface area contributed by atoms with Crippen LogP contribution in [0.2, 0.25) is 0 Å². The average molecular weight is 388 g/mol. The summed E-state index contributed by atoms with van der Waals surface area (Å²) in [5.41, 5.74) is 8.20. The minimum atomic E-state index is -4.83. The van der Waals surface area contributed by atoms with Crippen molar-refractivity contribution in [3.63, 3.8) is 0 Å². The topological polar surface area (TPSA) is 169 Å². The van der Waals surface area contributed by atoms with E-state index in [4.69, 9.17) is 15.1 Å². The maximum absolute atomic E-state index is 12.1. The van der Waals surface area contributed by atoms with Crippen molar-refractivity contribution in [2.24, 2.45) is 5.73 Å². The molecule has 0 spiro atoms. The number of nitrogens with zero attached hydrogens (tertiary/aromatic N) is 4. The molecule has 0 radical (unpaired) electrons. The lowest BCUT2D eigenvalue weighted by atomic mass is 10.2. The second-order valence-electron chi connectivity index (χ2n) is 5.46. The first-order valence-electron chi connectivity index (χ1n) is 7.41. The molecule has 2 aliphatic rings. The summed E-state index contributed by atoms with van der Waals surface area (Å²) in [6.07, 6.45) is 4.30. The summed E-state index contributed by atoms with van der Waals surface area (Å²) in [7, 11) is -4.83. The average Bonchev–Trinajstić information content (AvgIpc) is 3.14. The molecule has 0 aliphatic carbocycles. The lowest BCUT2D eigenvalue weighted by Gasteiger charge is -2.20. The van der Waals surface area contributed by atoms with Crippen molar-refractivity contribution in [1.29, 1.82) is 0 Å². The number of hydrogen-bond donors (Lipinski definition) is 3. The second-order valence-corrected chi connectivity index (χ2v) is 6.46. The van der Waals surface area contributed by atoms with Crippen LogP contribution >= 0.6 is 0 Å². The number of carbonyl (C=O) groups excluding carboxylic acids is 2. The van der Waals surface area contributed by atoms with Gasteiger partial charge in [0.05, 0.1) is 30.6 Å². The molecule has 1 atom stereocenters. The third kappa shape index (κ3) is 3.83. The Labute approximate surface area is 147 Å². The Morgan fingerprint density at radius 1 is 1.50 bits per heavy atom. The molecule has 142 valence electrons. The normalized spacial score (nSPS) is 19.7. The fraction of sp³-hybridized carbons (Fsp3) is 0.417. The highest BCUT2D eigenvalue weighted by Gasteiger charge is 2.43. The fourth-order valence-corrected chi connectivity index (χ4v) is 2.93. The van der Waals surface area contributed by atoms with E-state index < -0.39 is 28.4 Å². The van der Waals surface area contributed by atoms with Gasteiger partial charge in [-0.2, -0.15) is 18.6 Å². The van der Waals surface area contributed by atoms with Gasteiger partial charge in [-0.05, 0) is 6.08 Å². The highest BCUT2D eigenvalue weighted by molar-refractivity contribution is 7.80. The predicted octanol–water partition coefficient (Wildman–Crippen LogP) is -1.80. The zero-order valence-corrected chi connectivity index (χ0v) is 14.1. The van der Waals surface area contributed by atoms with Gasteiger partial charge in [-0.1, -0.05) is 0 Å². The molecule has 1 unspecified atom stereocenters. The van der Waals surface area contributed by atoms with E-state index in [1.807, 2.05) is 0 Å². The number of fused-ring (bicyclic) bond motifs is 2. The molecule has 14 heteroatoms. The van der Waals surface area contributed by atoms with Crippen LogP contribution in [0, 0.1) is 0 Å². The second kappa shape index (κ2) is 7.00. The number of nitrogens with two attached hydrogens (primary N) is 1. The molecule has 3 rings (SSSR count). The van der Waals surface area contributed by atoms with Crippen LogP contribution in [-0.4, -0.2) is 76.9 Å². The first kappa shape index (κ1) is 18.3. The zero-order chi connectivity index (χ0) is 18.9. The maximum Gasteiger partial charge on any atom is 0.418 e. The summed E-state index contributed by atoms with van der Waals surface area (Å²) in [5.74, 6) is -0.517. The van der Waals surface area contributed by atoms with Gasteiger partial charge >= 0.3 is 16.4 Å². The molecule has 0 saturated carbocycles. The molecular formula is C12H16N6O7S. The van der Waals surface area contributed by atoms with Gasteiger partial charge in [0.15, 0.2) is 0 Å². The molecule has 1 fully saturated rings. The molecule has 2 bridgehead atoms. The van der Waals surface area contributed by atoms with E-state index in [1.165, 1.54) is 22.0 Å². The predicted molar refractivity (Wildman–Crippen MR) is 84.2 cm³/mol. The van der Waals surface area contributed by atoms with Crippen LogP contribution < -0.4 is 11.2 Å². The molecule has 1 aromatic rings. The van der Waals surface area contributed by atoms with Crippen LogP contribution in [0.25, 0.3) is 5.70 Å². The maximum atomic E-state index is 12.1. The molecule has 3 heterocycles. The number of carbonyl (C=O) groups is 2. The van der Waals surface area contributed by atoms with Gasteiger partial charge < -0.3 is 10.6 Å². The van der Waals surface area contributed by atoms with Crippen molar-refractivity contribution >= 4 is 28.0 Å². The van der Waals surface area contributed by atoms with E-state index in [2.05, 4.69) is 14.9 Å². The molecule has 0 aromatic carbocycles. The lowest BCUT2D eigenvalue weighted by Crippen LogP contribution is -2.35. The minimum Gasteiger partial charge on any atom is -0.328 e. The highest BCUT2D eigenvalue weighted by Crippen LogP contribution is 2.27. The molecule has 2 aliphatic heterocycles. The van der Waals surface area contributed by atoms with E-state index in [9.17, 15) is 18.0 Å². The van der Waals surface area contributed by atoms with Gasteiger partial charge in [0.1, 0.15) is 6.04 Å². The zero-order valence-electron chi connectivity index (χ0n) is 13.3. The van der Waals surface area contributed by atoms with Crippen LogP contribution in [0.4, 0.5) is 4.79 Å². The summed E-state index contributed by atoms with van der Waals surface area (Å²) in [6.45, 7) is 0.722. The first-order valence-corrected chi connectivity index (χ1v) is 8.78. The van der Waals surface area contributed by atoms with E-state index in [0.29, 0.717) is 10.8 Å². The molecule has 1 saturated heterocycles. The number of aromatic nitrogens is 2. The number of hydroxylamine groups is 3. The number of rotatable bonds is 7. The van der Waals surface area contributed by atoms with Gasteiger partial charge in [-0.3, -0.25) is 14.2 Å². The standard InChI is InChI=1S/C12H16N6O7S/c13-1-2-24-15-11(19)8-4-14-17(5-8)9-3-10-7-16(6-9)12(20)18(10)25-26(21,22)23/h3-5,10H,1-2,6-7,13H2,(H,15,19)(H,21,22,23). The van der Waals surface area contributed by atoms with Crippen LogP contribution in [0.1, 0.15) is 10.4 Å². The van der Waals surface area contributed by atoms with Gasteiger partial charge in [0.2, 0.25) is 0 Å². The molecule has 4 N–H and O–H groups in total. The Bertz CT molecular complexity index is 850. The van der Waals surface area contributed by atoms with Crippen LogP contribution in [0.15, 0.2) is 18.5 Å². The molecule has 3 amide bonds. The van der Waals surface area contributed by atoms with E-state index in [0.717, 1.165) is 0 Å². The van der Waals surface area contributed by atoms with Gasteiger partial charge in [0.25, 0.3) is 5.91 Å². The van der Waals surface area contributed by atoms with Gasteiger partial charge in [0, 0.05) is 19.3 Å². The Balaban J connectivity index is 1.74. The van der Waals surface area contributed by atoms with Crippen molar-refractivity contribution < 1.29 is 31.7 Å². The Kier molecular flexibility index (Phi) is 4.92. The van der Waals surface area contributed by atoms with Crippen molar-refractivity contribution in [3.05, 3.63) is 24.0 Å². The van der Waals surface area contributed by atoms with Crippen molar-refractivity contribution in [3.8, 4) is 0 Å². The Hall–Kier alpha value is -2.52. The highest BCUT2D eigenvalue weighted by atomic mass is 32.3. The summed E-state index contributed by atoms with van der Waals surface area (Å²) in [5, 5.41) is 4.62. The van der Waals surface area contributed by atoms with Crippen LogP contribution in [-0.2, 0) is 19.5 Å². The summed E-state index contributed by atoms with van der Waals surface area (Å²) in [4.78, 5) is 30.1. The van der Waals surface area contributed by atoms with E-state index in [1.54, 1.807) is 6.08 Å². The molecular weight excluding hydrogens is 372 g/mol. The number of nitrogens with one attached hydrogen (secondary N) is 1. The fourth-order valence-electron chi connectivity index (χ4n) is 2.55. The van der Waals surface area contributed by atoms with Gasteiger partial charge in [-0.25, -0.2) is 15.0 Å². The number of amides is 3. The quantitative estimate of drug-likeness (QED) is 0.277. The molecule has 1 aromatic heterocycles. The summed E-state index contributed by atoms with van der Waals surface area (Å²) >= 11 is 0. The Morgan fingerprint density at radius 3 is 2.96 bits per heavy atom. The summed E-state index contributed by atoms with van der Waals surface area (Å²) < 4.78 is 36.2. The third-order valence-electron chi connectivity index (χ3n) is 3.60. The lowest BCUT2D eigenvalue weighted by molar-refractivity contribution is -0.0183. The number of hydrogen-bond acceptors (Lipinski definition) is 8. The van der Waals surface area contributed by atoms with Gasteiger partial charge in [-0.15, -0.1) is 4.28 Å². The van der Waals surface area contributed by atoms with Crippen LogP contribution in [0.3, 0.4) is 0 Å². The largest absolute Gasteiger partial charge is 0.418 e. The molecule has 26 heavy (non-hydrogen) atoms. The molecule has 13 nitrogen and oxygen atoms in total. The third-order valence-corrected chi connectivity index (χ3v) is 3.95. The smallest absolute Gasteiger partial charge is 0.328 e. The Morgan fingerprint density at radius 2 is 2.27 bits per heavy atom. The monoisotopic (exact) mass is 388 g/mol. The first-order chi connectivity index (χ1) is 12.3. The minimum absolute atomic E-state index is 0.118. The van der Waals surface area contributed by atoms with Crippen LogP contribution in [0.5, 0.6) is 0 Å². The van der Waals surface area contributed by atoms with Crippen molar-refractivity contribution in [2.45, 2.75) is 6.04 Å². The SMILES string of the molecule is NCCONC(=O)c1cnn(C2=CC3CN(C2)C(=O)N3OS(=O)(=O)O)c1. The van der Waals surface area contributed by atoms with Crippen molar-refractivity contribution in [1.82, 2.24) is 25.2 Å².